The minimum Gasteiger partial charge on any atom is -0.448 e. The zero-order valence-electron chi connectivity index (χ0n) is 9.56. The van der Waals surface area contributed by atoms with E-state index in [-0.39, 0.29) is 12.5 Å². The second kappa shape index (κ2) is 5.34. The molecule has 3 nitrogen and oxygen atoms in total. The Morgan fingerprint density at radius 2 is 2.06 bits per heavy atom. The van der Waals surface area contributed by atoms with Gasteiger partial charge in [-0.1, -0.05) is 30.7 Å². The van der Waals surface area contributed by atoms with E-state index in [2.05, 4.69) is 4.98 Å². The fraction of sp³-hybridized carbons (Fsp3) is 0.308. The number of aliphatic hydroxyl groups excluding tert-OH is 1. The van der Waals surface area contributed by atoms with E-state index < -0.39 is 0 Å². The first-order chi connectivity index (χ1) is 8.19. The van der Waals surface area contributed by atoms with E-state index in [0.29, 0.717) is 12.3 Å². The molecule has 90 valence electrons. The summed E-state index contributed by atoms with van der Waals surface area (Å²) in [6, 6.07) is 7.58. The van der Waals surface area contributed by atoms with Crippen LogP contribution in [-0.2, 0) is 6.42 Å². The van der Waals surface area contributed by atoms with Crippen molar-refractivity contribution in [1.29, 1.82) is 0 Å². The summed E-state index contributed by atoms with van der Waals surface area (Å²) in [4.78, 5) is 4.34. The van der Waals surface area contributed by atoms with Crippen molar-refractivity contribution < 1.29 is 9.52 Å². The van der Waals surface area contributed by atoms with E-state index in [1.807, 2.05) is 31.2 Å². The minimum absolute atomic E-state index is 0.0118. The van der Waals surface area contributed by atoms with Gasteiger partial charge in [0.2, 0.25) is 0 Å². The second-order valence-electron chi connectivity index (χ2n) is 4.05. The molecule has 0 saturated carbocycles. The molecule has 1 N–H and O–H groups in total. The third-order valence-electron chi connectivity index (χ3n) is 2.62. The molecule has 0 spiro atoms. The molecular formula is C13H14ClNO2. The van der Waals surface area contributed by atoms with Crippen LogP contribution in [0.3, 0.4) is 0 Å². The van der Waals surface area contributed by atoms with Gasteiger partial charge in [0.15, 0.2) is 5.89 Å². The Labute approximate surface area is 105 Å². The van der Waals surface area contributed by atoms with Crippen LogP contribution >= 0.6 is 11.6 Å². The van der Waals surface area contributed by atoms with Crippen LogP contribution in [0.2, 0.25) is 5.02 Å². The molecule has 0 amide bonds. The van der Waals surface area contributed by atoms with E-state index >= 15 is 0 Å². The summed E-state index contributed by atoms with van der Waals surface area (Å²) in [6.07, 6.45) is 2.24. The van der Waals surface area contributed by atoms with Crippen molar-refractivity contribution in [3.05, 3.63) is 52.7 Å². The van der Waals surface area contributed by atoms with Crippen molar-refractivity contribution in [2.75, 3.05) is 6.61 Å². The van der Waals surface area contributed by atoms with Crippen LogP contribution in [0.4, 0.5) is 0 Å². The molecule has 1 heterocycles. The molecule has 0 radical (unpaired) electrons. The number of hydrogen-bond acceptors (Lipinski definition) is 3. The van der Waals surface area contributed by atoms with E-state index in [0.717, 1.165) is 16.3 Å². The van der Waals surface area contributed by atoms with E-state index in [1.165, 1.54) is 0 Å². The van der Waals surface area contributed by atoms with Crippen LogP contribution in [0.5, 0.6) is 0 Å². The van der Waals surface area contributed by atoms with Gasteiger partial charge in [-0.25, -0.2) is 4.98 Å². The van der Waals surface area contributed by atoms with Crippen molar-refractivity contribution in [2.24, 2.45) is 0 Å². The van der Waals surface area contributed by atoms with E-state index in [9.17, 15) is 0 Å². The number of nitrogens with zero attached hydrogens (tertiary/aromatic N) is 1. The minimum atomic E-state index is 0.0118. The molecule has 0 aliphatic heterocycles. The average Bonchev–Trinajstić information content (AvgIpc) is 2.80. The van der Waals surface area contributed by atoms with E-state index in [4.69, 9.17) is 21.1 Å². The molecule has 2 aromatic rings. The van der Waals surface area contributed by atoms with E-state index in [1.54, 1.807) is 6.26 Å². The number of aromatic nitrogens is 1. The largest absolute Gasteiger partial charge is 0.448 e. The van der Waals surface area contributed by atoms with Crippen LogP contribution in [0.25, 0.3) is 0 Å². The SMILES string of the molecule is CC(CO)c1coc(Cc2ccc(Cl)cc2)n1. The molecule has 1 aromatic carbocycles. The zero-order chi connectivity index (χ0) is 12.3. The highest BCUT2D eigenvalue weighted by molar-refractivity contribution is 6.30. The van der Waals surface area contributed by atoms with Gasteiger partial charge in [0, 0.05) is 17.4 Å². The van der Waals surface area contributed by atoms with Crippen molar-refractivity contribution >= 4 is 11.6 Å². The van der Waals surface area contributed by atoms with Crippen LogP contribution in [0.15, 0.2) is 34.9 Å². The third-order valence-corrected chi connectivity index (χ3v) is 2.87. The number of aliphatic hydroxyl groups is 1. The number of oxazole rings is 1. The standard InChI is InChI=1S/C13H14ClNO2/c1-9(7-16)12-8-17-13(15-12)6-10-2-4-11(14)5-3-10/h2-5,8-9,16H,6-7H2,1H3. The average molecular weight is 252 g/mol. The molecule has 0 saturated heterocycles. The predicted molar refractivity (Wildman–Crippen MR) is 66.3 cm³/mol. The number of hydrogen-bond donors (Lipinski definition) is 1. The molecule has 1 atom stereocenters. The molecule has 1 unspecified atom stereocenters. The quantitative estimate of drug-likeness (QED) is 0.909. The number of rotatable bonds is 4. The van der Waals surface area contributed by atoms with Gasteiger partial charge in [-0.2, -0.15) is 0 Å². The van der Waals surface area contributed by atoms with Gasteiger partial charge in [-0.15, -0.1) is 0 Å². The topological polar surface area (TPSA) is 46.3 Å². The lowest BCUT2D eigenvalue weighted by Gasteiger charge is -2.00. The van der Waals surface area contributed by atoms with Crippen LogP contribution < -0.4 is 0 Å². The lowest BCUT2D eigenvalue weighted by atomic mass is 10.1. The van der Waals surface area contributed by atoms with Gasteiger partial charge in [0.25, 0.3) is 0 Å². The highest BCUT2D eigenvalue weighted by Gasteiger charge is 2.10. The zero-order valence-corrected chi connectivity index (χ0v) is 10.3. The highest BCUT2D eigenvalue weighted by atomic mass is 35.5. The predicted octanol–water partition coefficient (Wildman–Crippen LogP) is 3.01. The highest BCUT2D eigenvalue weighted by Crippen LogP contribution is 2.17. The fourth-order valence-corrected chi connectivity index (χ4v) is 1.63. The van der Waals surface area contributed by atoms with Gasteiger partial charge >= 0.3 is 0 Å². The summed E-state index contributed by atoms with van der Waals surface area (Å²) in [5, 5.41) is 9.74. The van der Waals surface area contributed by atoms with Gasteiger partial charge < -0.3 is 9.52 Å². The van der Waals surface area contributed by atoms with Crippen molar-refractivity contribution in [3.63, 3.8) is 0 Å². The summed E-state index contributed by atoms with van der Waals surface area (Å²) < 4.78 is 5.37. The maximum Gasteiger partial charge on any atom is 0.198 e. The fourth-order valence-electron chi connectivity index (χ4n) is 1.50. The lowest BCUT2D eigenvalue weighted by Crippen LogP contribution is -1.99. The van der Waals surface area contributed by atoms with Crippen LogP contribution in [0.1, 0.15) is 30.0 Å². The summed E-state index contributed by atoms with van der Waals surface area (Å²) in [5.74, 6) is 0.667. The maximum atomic E-state index is 9.02. The monoisotopic (exact) mass is 251 g/mol. The number of benzene rings is 1. The molecule has 4 heteroatoms. The number of halogens is 1. The molecule has 17 heavy (non-hydrogen) atoms. The van der Waals surface area contributed by atoms with Crippen molar-refractivity contribution in [1.82, 2.24) is 4.98 Å². The normalized spacial score (nSPS) is 12.6. The Kier molecular flexibility index (Phi) is 3.82. The Hall–Kier alpha value is -1.32. The van der Waals surface area contributed by atoms with Gasteiger partial charge in [-0.05, 0) is 17.7 Å². The molecule has 0 aliphatic carbocycles. The first-order valence-electron chi connectivity index (χ1n) is 5.48. The van der Waals surface area contributed by atoms with Gasteiger partial charge in [-0.3, -0.25) is 0 Å². The van der Waals surface area contributed by atoms with Crippen LogP contribution in [-0.4, -0.2) is 16.7 Å². The van der Waals surface area contributed by atoms with Crippen LogP contribution in [0, 0.1) is 0 Å². The molecular weight excluding hydrogens is 238 g/mol. The van der Waals surface area contributed by atoms with Crippen molar-refractivity contribution in [3.8, 4) is 0 Å². The second-order valence-corrected chi connectivity index (χ2v) is 4.49. The Morgan fingerprint density at radius 1 is 1.35 bits per heavy atom. The first kappa shape index (κ1) is 12.1. The van der Waals surface area contributed by atoms with Crippen molar-refractivity contribution in [2.45, 2.75) is 19.3 Å². The summed E-state index contributed by atoms with van der Waals surface area (Å²) in [5.41, 5.74) is 1.89. The van der Waals surface area contributed by atoms with Gasteiger partial charge in [0.05, 0.1) is 12.3 Å². The lowest BCUT2D eigenvalue weighted by molar-refractivity contribution is 0.271. The summed E-state index contributed by atoms with van der Waals surface area (Å²) in [7, 11) is 0. The summed E-state index contributed by atoms with van der Waals surface area (Å²) >= 11 is 5.81. The third kappa shape index (κ3) is 3.08. The molecule has 0 aliphatic rings. The summed E-state index contributed by atoms with van der Waals surface area (Å²) in [6.45, 7) is 1.98. The molecule has 1 aromatic heterocycles. The Morgan fingerprint density at radius 3 is 2.71 bits per heavy atom. The first-order valence-corrected chi connectivity index (χ1v) is 5.86. The maximum absolute atomic E-state index is 9.02. The molecule has 2 rings (SSSR count). The molecule has 0 bridgehead atoms. The Balaban J connectivity index is 2.08. The smallest absolute Gasteiger partial charge is 0.198 e. The molecule has 0 fully saturated rings. The Bertz CT molecular complexity index is 478. The van der Waals surface area contributed by atoms with Gasteiger partial charge in [0.1, 0.15) is 6.26 Å².